The van der Waals surface area contributed by atoms with Gasteiger partial charge >= 0.3 is 5.97 Å². The van der Waals surface area contributed by atoms with Gasteiger partial charge in [-0.15, -0.1) is 0 Å². The summed E-state index contributed by atoms with van der Waals surface area (Å²) >= 11 is 0. The zero-order valence-electron chi connectivity index (χ0n) is 10.0. The molecule has 0 fully saturated rings. The summed E-state index contributed by atoms with van der Waals surface area (Å²) in [5.41, 5.74) is 0. The molecule has 1 N–H and O–H groups in total. The highest BCUT2D eigenvalue weighted by atomic mass is 16.4. The number of carbonyl (C=O) groups is 1. The van der Waals surface area contributed by atoms with Gasteiger partial charge in [-0.2, -0.15) is 0 Å². The van der Waals surface area contributed by atoms with Gasteiger partial charge in [-0.1, -0.05) is 51.2 Å². The van der Waals surface area contributed by atoms with Crippen LogP contribution in [0.4, 0.5) is 0 Å². The van der Waals surface area contributed by atoms with Gasteiger partial charge in [0, 0.05) is 0 Å². The normalized spacial score (nSPS) is 13.2. The molecule has 2 heteroatoms. The molecule has 0 aromatic heterocycles. The van der Waals surface area contributed by atoms with Crippen LogP contribution in [0.3, 0.4) is 0 Å². The van der Waals surface area contributed by atoms with E-state index in [9.17, 15) is 4.79 Å². The van der Waals surface area contributed by atoms with E-state index in [4.69, 9.17) is 5.11 Å². The second-order valence-electron chi connectivity index (χ2n) is 4.11. The van der Waals surface area contributed by atoms with E-state index in [1.807, 2.05) is 6.08 Å². The van der Waals surface area contributed by atoms with Gasteiger partial charge < -0.3 is 5.11 Å². The molecule has 0 spiro atoms. The zero-order valence-corrected chi connectivity index (χ0v) is 10.0. The summed E-state index contributed by atoms with van der Waals surface area (Å²) in [4.78, 5) is 10.5. The highest BCUT2D eigenvalue weighted by Gasteiger charge is 2.04. The van der Waals surface area contributed by atoms with E-state index in [1.165, 1.54) is 38.5 Å². The van der Waals surface area contributed by atoms with E-state index in [-0.39, 0.29) is 5.92 Å². The molecule has 0 aromatic carbocycles. The van der Waals surface area contributed by atoms with Crippen LogP contribution in [0.2, 0.25) is 0 Å². The molecule has 2 nitrogen and oxygen atoms in total. The summed E-state index contributed by atoms with van der Waals surface area (Å²) in [5, 5.41) is 8.63. The van der Waals surface area contributed by atoms with E-state index >= 15 is 0 Å². The molecule has 88 valence electrons. The lowest BCUT2D eigenvalue weighted by molar-refractivity contribution is -0.139. The maximum atomic E-state index is 10.5. The molecule has 0 bridgehead atoms. The average Bonchev–Trinajstić information content (AvgIpc) is 2.21. The van der Waals surface area contributed by atoms with Crippen molar-refractivity contribution in [2.24, 2.45) is 5.92 Å². The van der Waals surface area contributed by atoms with Crippen molar-refractivity contribution in [3.63, 3.8) is 0 Å². The Kier molecular flexibility index (Phi) is 9.24. The number of rotatable bonds is 9. The Bertz CT molecular complexity index is 185. The highest BCUT2D eigenvalue weighted by molar-refractivity contribution is 5.71. The first-order valence-corrected chi connectivity index (χ1v) is 6.08. The first kappa shape index (κ1) is 14.2. The van der Waals surface area contributed by atoms with Gasteiger partial charge in [0.1, 0.15) is 0 Å². The summed E-state index contributed by atoms with van der Waals surface area (Å²) in [6.45, 7) is 3.93. The number of carboxylic acids is 1. The van der Waals surface area contributed by atoms with Crippen molar-refractivity contribution in [3.8, 4) is 0 Å². The molecule has 0 radical (unpaired) electrons. The van der Waals surface area contributed by atoms with E-state index in [1.54, 1.807) is 13.0 Å². The zero-order chi connectivity index (χ0) is 11.5. The Morgan fingerprint density at radius 1 is 1.20 bits per heavy atom. The Labute approximate surface area is 93.4 Å². The van der Waals surface area contributed by atoms with Crippen LogP contribution in [0, 0.1) is 5.92 Å². The van der Waals surface area contributed by atoms with Gasteiger partial charge in [0.15, 0.2) is 0 Å². The minimum atomic E-state index is -0.741. The molecule has 1 unspecified atom stereocenters. The third-order valence-corrected chi connectivity index (χ3v) is 2.54. The quantitative estimate of drug-likeness (QED) is 0.463. The number of allylic oxidation sites excluding steroid dienone is 1. The van der Waals surface area contributed by atoms with Crippen molar-refractivity contribution < 1.29 is 9.90 Å². The fraction of sp³-hybridized carbons (Fsp3) is 0.769. The second kappa shape index (κ2) is 9.75. The van der Waals surface area contributed by atoms with Crippen LogP contribution in [0.5, 0.6) is 0 Å². The first-order valence-electron chi connectivity index (χ1n) is 6.08. The van der Waals surface area contributed by atoms with Gasteiger partial charge in [-0.25, -0.2) is 0 Å². The largest absolute Gasteiger partial charge is 0.481 e. The molecule has 1 atom stereocenters. The molecule has 0 heterocycles. The molecule has 0 saturated heterocycles. The maximum Gasteiger partial charge on any atom is 0.310 e. The van der Waals surface area contributed by atoms with Crippen molar-refractivity contribution in [2.45, 2.75) is 58.8 Å². The Hall–Kier alpha value is -0.790. The molecule has 0 amide bonds. The summed E-state index contributed by atoms with van der Waals surface area (Å²) in [6.07, 6.45) is 12.5. The number of aliphatic carboxylic acids is 1. The van der Waals surface area contributed by atoms with Gasteiger partial charge in [0.05, 0.1) is 5.92 Å². The van der Waals surface area contributed by atoms with Crippen molar-refractivity contribution in [1.29, 1.82) is 0 Å². The average molecular weight is 212 g/mol. The minimum Gasteiger partial charge on any atom is -0.481 e. The predicted octanol–water partition coefficient (Wildman–Crippen LogP) is 4.01. The molecular weight excluding hydrogens is 188 g/mol. The fourth-order valence-corrected chi connectivity index (χ4v) is 1.43. The van der Waals surface area contributed by atoms with Crippen LogP contribution in [-0.2, 0) is 4.79 Å². The Morgan fingerprint density at radius 3 is 2.40 bits per heavy atom. The van der Waals surface area contributed by atoms with E-state index in [2.05, 4.69) is 6.92 Å². The van der Waals surface area contributed by atoms with Gasteiger partial charge in [0.25, 0.3) is 0 Å². The number of carboxylic acid groups (broad SMARTS) is 1. The van der Waals surface area contributed by atoms with Crippen molar-refractivity contribution in [1.82, 2.24) is 0 Å². The van der Waals surface area contributed by atoms with E-state index < -0.39 is 5.97 Å². The van der Waals surface area contributed by atoms with Gasteiger partial charge in [-0.3, -0.25) is 4.79 Å². The third-order valence-electron chi connectivity index (χ3n) is 2.54. The summed E-state index contributed by atoms with van der Waals surface area (Å²) < 4.78 is 0. The van der Waals surface area contributed by atoms with Crippen LogP contribution in [-0.4, -0.2) is 11.1 Å². The lowest BCUT2D eigenvalue weighted by atomic mass is 10.1. The third kappa shape index (κ3) is 9.51. The first-order chi connectivity index (χ1) is 7.18. The smallest absolute Gasteiger partial charge is 0.310 e. The van der Waals surface area contributed by atoms with Gasteiger partial charge in [-0.05, 0) is 19.8 Å². The SMILES string of the molecule is CCCCCCCC/C=C/C(C)C(=O)O. The predicted molar refractivity (Wildman–Crippen MR) is 63.9 cm³/mol. The van der Waals surface area contributed by atoms with Crippen LogP contribution in [0.25, 0.3) is 0 Å². The Balaban J connectivity index is 3.27. The van der Waals surface area contributed by atoms with Crippen LogP contribution in [0.15, 0.2) is 12.2 Å². The number of hydrogen-bond donors (Lipinski definition) is 1. The molecular formula is C13H24O2. The summed E-state index contributed by atoms with van der Waals surface area (Å²) in [7, 11) is 0. The molecule has 0 aliphatic rings. The molecule has 0 saturated carbocycles. The van der Waals surface area contributed by atoms with Crippen LogP contribution < -0.4 is 0 Å². The maximum absolute atomic E-state index is 10.5. The van der Waals surface area contributed by atoms with Crippen LogP contribution in [0.1, 0.15) is 58.8 Å². The minimum absolute atomic E-state index is 0.343. The van der Waals surface area contributed by atoms with E-state index in [0.717, 1.165) is 6.42 Å². The second-order valence-corrected chi connectivity index (χ2v) is 4.11. The summed E-state index contributed by atoms with van der Waals surface area (Å²) in [5.74, 6) is -1.08. The summed E-state index contributed by atoms with van der Waals surface area (Å²) in [6, 6.07) is 0. The van der Waals surface area contributed by atoms with Crippen molar-refractivity contribution >= 4 is 5.97 Å². The fourth-order valence-electron chi connectivity index (χ4n) is 1.43. The molecule has 0 aliphatic heterocycles. The monoisotopic (exact) mass is 212 g/mol. The van der Waals surface area contributed by atoms with Crippen molar-refractivity contribution in [3.05, 3.63) is 12.2 Å². The van der Waals surface area contributed by atoms with Crippen LogP contribution >= 0.6 is 0 Å². The molecule has 0 aromatic rings. The molecule has 0 rings (SSSR count). The topological polar surface area (TPSA) is 37.3 Å². The van der Waals surface area contributed by atoms with E-state index in [0.29, 0.717) is 0 Å². The lowest BCUT2D eigenvalue weighted by Crippen LogP contribution is -2.05. The number of unbranched alkanes of at least 4 members (excludes halogenated alkanes) is 6. The standard InChI is InChI=1S/C13H24O2/c1-3-4-5-6-7-8-9-10-11-12(2)13(14)15/h10-12H,3-9H2,1-2H3,(H,14,15)/b11-10+. The number of hydrogen-bond acceptors (Lipinski definition) is 1. The van der Waals surface area contributed by atoms with Crippen molar-refractivity contribution in [2.75, 3.05) is 0 Å². The highest BCUT2D eigenvalue weighted by Crippen LogP contribution is 2.08. The van der Waals surface area contributed by atoms with Gasteiger partial charge in [0.2, 0.25) is 0 Å². The lowest BCUT2D eigenvalue weighted by Gasteiger charge is -1.99. The Morgan fingerprint density at radius 2 is 1.80 bits per heavy atom. The molecule has 15 heavy (non-hydrogen) atoms. The molecule has 0 aliphatic carbocycles.